The van der Waals surface area contributed by atoms with Crippen LogP contribution in [0.15, 0.2) is 102 Å². The number of carbonyl (C=O) groups is 1. The van der Waals surface area contributed by atoms with Crippen molar-refractivity contribution in [2.45, 2.75) is 49.9 Å². The van der Waals surface area contributed by atoms with Gasteiger partial charge < -0.3 is 9.16 Å². The topological polar surface area (TPSA) is 72.9 Å². The second-order valence-corrected chi connectivity index (χ2v) is 16.7. The van der Waals surface area contributed by atoms with Crippen molar-refractivity contribution in [3.05, 3.63) is 103 Å². The molecular formula is C30H35NO5SSi. The summed E-state index contributed by atoms with van der Waals surface area (Å²) in [5, 5.41) is 1.77. The number of ketones is 1. The fourth-order valence-corrected chi connectivity index (χ4v) is 11.3. The molecule has 3 aromatic rings. The van der Waals surface area contributed by atoms with Crippen LogP contribution in [0.25, 0.3) is 0 Å². The van der Waals surface area contributed by atoms with E-state index in [1.165, 1.54) is 19.3 Å². The molecule has 0 radical (unpaired) electrons. The van der Waals surface area contributed by atoms with Crippen molar-refractivity contribution in [2.24, 2.45) is 0 Å². The summed E-state index contributed by atoms with van der Waals surface area (Å²) in [6.45, 7) is 8.20. The Balaban J connectivity index is 1.82. The molecule has 0 spiro atoms. The molecule has 0 aliphatic carbocycles. The van der Waals surface area contributed by atoms with Crippen molar-refractivity contribution >= 4 is 34.5 Å². The Morgan fingerprint density at radius 3 is 1.87 bits per heavy atom. The third kappa shape index (κ3) is 5.19. The van der Waals surface area contributed by atoms with Gasteiger partial charge in [-0.05, 0) is 46.6 Å². The molecule has 4 rings (SSSR count). The zero-order valence-electron chi connectivity index (χ0n) is 22.5. The van der Waals surface area contributed by atoms with E-state index in [0.29, 0.717) is 0 Å². The molecule has 6 nitrogen and oxygen atoms in total. The van der Waals surface area contributed by atoms with E-state index < -0.39 is 30.6 Å². The van der Waals surface area contributed by atoms with Crippen LogP contribution >= 0.6 is 0 Å². The van der Waals surface area contributed by atoms with Crippen molar-refractivity contribution in [3.63, 3.8) is 0 Å². The Bertz CT molecular complexity index is 1340. The maximum atomic E-state index is 13.9. The highest BCUT2D eigenvalue weighted by Gasteiger charge is 2.52. The lowest BCUT2D eigenvalue weighted by Crippen LogP contribution is -2.68. The lowest BCUT2D eigenvalue weighted by atomic mass is 10.1. The van der Waals surface area contributed by atoms with E-state index in [1.54, 1.807) is 24.3 Å². The highest BCUT2D eigenvalue weighted by molar-refractivity contribution is 7.89. The molecule has 0 unspecified atom stereocenters. The van der Waals surface area contributed by atoms with Crippen molar-refractivity contribution in [2.75, 3.05) is 13.7 Å². The molecule has 8 heteroatoms. The molecule has 0 fully saturated rings. The molecule has 0 aromatic heterocycles. The number of aryl methyl sites for hydroxylation is 1. The number of rotatable bonds is 8. The monoisotopic (exact) mass is 549 g/mol. The maximum absolute atomic E-state index is 13.9. The van der Waals surface area contributed by atoms with Crippen LogP contribution in [0.3, 0.4) is 0 Å². The van der Waals surface area contributed by atoms with Gasteiger partial charge in [-0.25, -0.2) is 8.42 Å². The van der Waals surface area contributed by atoms with Gasteiger partial charge >= 0.3 is 0 Å². The van der Waals surface area contributed by atoms with Gasteiger partial charge in [0.05, 0.1) is 11.5 Å². The number of hydrogen-bond donors (Lipinski definition) is 0. The van der Waals surface area contributed by atoms with Gasteiger partial charge in [-0.1, -0.05) is 99.1 Å². The summed E-state index contributed by atoms with van der Waals surface area (Å²) in [6.07, 6.45) is 1.94. The number of methoxy groups -OCH3 is 1. The molecule has 1 heterocycles. The van der Waals surface area contributed by atoms with E-state index in [2.05, 4.69) is 45.0 Å². The molecule has 2 atom stereocenters. The summed E-state index contributed by atoms with van der Waals surface area (Å²) in [6, 6.07) is 25.6. The molecule has 0 amide bonds. The van der Waals surface area contributed by atoms with Crippen LogP contribution in [0.5, 0.6) is 0 Å². The van der Waals surface area contributed by atoms with Crippen molar-refractivity contribution in [3.8, 4) is 0 Å². The third-order valence-corrected chi connectivity index (χ3v) is 13.9. The lowest BCUT2D eigenvalue weighted by Gasteiger charge is -2.45. The first-order chi connectivity index (χ1) is 18.0. The summed E-state index contributed by atoms with van der Waals surface area (Å²) in [5.74, 6) is -0.341. The van der Waals surface area contributed by atoms with E-state index >= 15 is 0 Å². The van der Waals surface area contributed by atoms with Gasteiger partial charge in [0.25, 0.3) is 8.32 Å². The number of benzene rings is 3. The summed E-state index contributed by atoms with van der Waals surface area (Å²) in [7, 11) is -5.66. The van der Waals surface area contributed by atoms with E-state index in [4.69, 9.17) is 9.16 Å². The standard InChI is InChI=1S/C30H35NO5SSi/c1-23-16-18-24(19-17-23)37(33,34)31-27(28(32)20-21-29(31)35-5)22-36-38(30(2,3)4,25-12-8-6-9-13-25)26-14-10-7-11-15-26/h6-21,27,29H,22H2,1-5H3/t27-,29+/m0/s1. The minimum atomic E-state index is -4.08. The molecule has 0 saturated carbocycles. The summed E-state index contributed by atoms with van der Waals surface area (Å²) in [5.41, 5.74) is 0.938. The van der Waals surface area contributed by atoms with Gasteiger partial charge in [0, 0.05) is 7.11 Å². The number of sulfonamides is 1. The second kappa shape index (κ2) is 11.1. The maximum Gasteiger partial charge on any atom is 0.261 e. The predicted molar refractivity (Wildman–Crippen MR) is 153 cm³/mol. The van der Waals surface area contributed by atoms with Crippen molar-refractivity contribution in [1.82, 2.24) is 4.31 Å². The van der Waals surface area contributed by atoms with Gasteiger partial charge in [-0.15, -0.1) is 0 Å². The molecular weight excluding hydrogens is 514 g/mol. The molecule has 0 N–H and O–H groups in total. The fourth-order valence-electron chi connectivity index (χ4n) is 5.12. The molecule has 0 bridgehead atoms. The largest absolute Gasteiger partial charge is 0.405 e. The zero-order chi connectivity index (χ0) is 27.6. The molecule has 1 aliphatic heterocycles. The summed E-state index contributed by atoms with van der Waals surface area (Å²) >= 11 is 0. The Morgan fingerprint density at radius 2 is 1.39 bits per heavy atom. The van der Waals surface area contributed by atoms with Gasteiger partial charge in [-0.2, -0.15) is 4.31 Å². The fraction of sp³-hybridized carbons (Fsp3) is 0.300. The molecule has 1 aliphatic rings. The zero-order valence-corrected chi connectivity index (χ0v) is 24.3. The smallest absolute Gasteiger partial charge is 0.261 e. The first-order valence-electron chi connectivity index (χ1n) is 12.6. The van der Waals surface area contributed by atoms with Crippen molar-refractivity contribution < 1.29 is 22.4 Å². The van der Waals surface area contributed by atoms with E-state index in [0.717, 1.165) is 20.2 Å². The highest BCUT2D eigenvalue weighted by Crippen LogP contribution is 2.37. The number of ether oxygens (including phenoxy) is 1. The Labute approximate surface area is 227 Å². The summed E-state index contributed by atoms with van der Waals surface area (Å²) in [4.78, 5) is 13.4. The molecule has 38 heavy (non-hydrogen) atoms. The van der Waals surface area contributed by atoms with E-state index in [9.17, 15) is 13.2 Å². The van der Waals surface area contributed by atoms with Crippen LogP contribution in [0.1, 0.15) is 26.3 Å². The quantitative estimate of drug-likeness (QED) is 0.397. The van der Waals surface area contributed by atoms with Gasteiger partial charge in [-0.3, -0.25) is 4.79 Å². The highest BCUT2D eigenvalue weighted by atomic mass is 32.2. The Hall–Kier alpha value is -2.88. The molecule has 3 aromatic carbocycles. The first kappa shape index (κ1) is 28.1. The Morgan fingerprint density at radius 1 is 0.868 bits per heavy atom. The second-order valence-electron chi connectivity index (χ2n) is 10.5. The minimum Gasteiger partial charge on any atom is -0.405 e. The van der Waals surface area contributed by atoms with Crippen LogP contribution in [0.2, 0.25) is 5.04 Å². The van der Waals surface area contributed by atoms with E-state index in [-0.39, 0.29) is 22.3 Å². The number of hydrogen-bond acceptors (Lipinski definition) is 5. The third-order valence-electron chi connectivity index (χ3n) is 7.02. The van der Waals surface area contributed by atoms with Crippen LogP contribution in [0, 0.1) is 6.92 Å². The SMILES string of the molecule is CO[C@@H]1C=CC(=O)[C@H](CO[Si](c2ccccc2)(c2ccccc2)C(C)(C)C)N1S(=O)(=O)c1ccc(C)cc1. The minimum absolute atomic E-state index is 0.101. The van der Waals surface area contributed by atoms with Crippen LogP contribution in [-0.2, 0) is 24.0 Å². The van der Waals surface area contributed by atoms with Crippen LogP contribution < -0.4 is 10.4 Å². The van der Waals surface area contributed by atoms with Crippen LogP contribution in [0.4, 0.5) is 0 Å². The van der Waals surface area contributed by atoms with E-state index in [1.807, 2.05) is 43.3 Å². The summed E-state index contributed by atoms with van der Waals surface area (Å²) < 4.78 is 41.5. The Kier molecular flexibility index (Phi) is 8.20. The van der Waals surface area contributed by atoms with Gasteiger partial charge in [0.2, 0.25) is 10.0 Å². The molecule has 0 saturated heterocycles. The van der Waals surface area contributed by atoms with Gasteiger partial charge in [0.15, 0.2) is 5.78 Å². The lowest BCUT2D eigenvalue weighted by molar-refractivity contribution is -0.123. The van der Waals surface area contributed by atoms with Gasteiger partial charge in [0.1, 0.15) is 12.3 Å². The average molecular weight is 550 g/mol. The number of carbonyl (C=O) groups excluding carboxylic acids is 1. The first-order valence-corrected chi connectivity index (χ1v) is 16.0. The predicted octanol–water partition coefficient (Wildman–Crippen LogP) is 4.04. The van der Waals surface area contributed by atoms with Crippen LogP contribution in [-0.4, -0.2) is 52.8 Å². The normalized spacial score (nSPS) is 19.0. The number of nitrogens with zero attached hydrogens (tertiary/aromatic N) is 1. The molecule has 200 valence electrons. The average Bonchev–Trinajstić information content (AvgIpc) is 2.90. The van der Waals surface area contributed by atoms with Crippen molar-refractivity contribution in [1.29, 1.82) is 0 Å².